The summed E-state index contributed by atoms with van der Waals surface area (Å²) in [4.78, 5) is 0.0451. The molecule has 0 saturated heterocycles. The van der Waals surface area contributed by atoms with Crippen LogP contribution in [0, 0.1) is 18.3 Å². The molecular weight excluding hydrogens is 362 g/mol. The Bertz CT molecular complexity index is 1170. The Morgan fingerprint density at radius 3 is 2.52 bits per heavy atom. The first-order valence-electron chi connectivity index (χ1n) is 8.33. The lowest BCUT2D eigenvalue weighted by atomic mass is 9.86. The lowest BCUT2D eigenvalue weighted by Crippen LogP contribution is -2.37. The van der Waals surface area contributed by atoms with Crippen molar-refractivity contribution < 1.29 is 13.2 Å². The summed E-state index contributed by atoms with van der Waals surface area (Å²) in [6, 6.07) is 16.5. The third-order valence-corrected chi connectivity index (χ3v) is 6.89. The zero-order chi connectivity index (χ0) is 19.3. The van der Waals surface area contributed by atoms with Crippen molar-refractivity contribution in [3.05, 3.63) is 81.6 Å². The van der Waals surface area contributed by atoms with Crippen molar-refractivity contribution in [2.45, 2.75) is 12.8 Å². The van der Waals surface area contributed by atoms with E-state index in [1.165, 1.54) is 11.4 Å². The van der Waals surface area contributed by atoms with Gasteiger partial charge in [-0.05, 0) is 30.2 Å². The van der Waals surface area contributed by atoms with E-state index in [0.717, 1.165) is 5.56 Å². The molecule has 2 aromatic carbocycles. The molecule has 27 heavy (non-hydrogen) atoms. The van der Waals surface area contributed by atoms with Crippen LogP contribution in [0.2, 0.25) is 0 Å². The molecule has 0 saturated carbocycles. The summed E-state index contributed by atoms with van der Waals surface area (Å²) < 4.78 is 33.7. The summed E-state index contributed by atoms with van der Waals surface area (Å²) in [6.45, 7) is 1.88. The van der Waals surface area contributed by atoms with Crippen LogP contribution in [0.5, 0.6) is 0 Å². The fourth-order valence-electron chi connectivity index (χ4n) is 3.62. The van der Waals surface area contributed by atoms with Gasteiger partial charge in [-0.3, -0.25) is 4.31 Å². The Morgan fingerprint density at radius 2 is 1.81 bits per heavy atom. The Morgan fingerprint density at radius 1 is 1.15 bits per heavy atom. The zero-order valence-electron chi connectivity index (χ0n) is 14.8. The van der Waals surface area contributed by atoms with Crippen LogP contribution in [0.1, 0.15) is 22.6 Å². The predicted octanol–water partition coefficient (Wildman–Crippen LogP) is 2.95. The van der Waals surface area contributed by atoms with E-state index >= 15 is 0 Å². The maximum atomic E-state index is 13.4. The number of para-hydroxylation sites is 1. The lowest BCUT2D eigenvalue weighted by Gasteiger charge is -2.36. The van der Waals surface area contributed by atoms with Crippen molar-refractivity contribution in [1.29, 1.82) is 5.26 Å². The fourth-order valence-corrected chi connectivity index (χ4v) is 5.26. The number of anilines is 1. The molecule has 2 heterocycles. The number of rotatable bonds is 1. The van der Waals surface area contributed by atoms with E-state index in [-0.39, 0.29) is 22.1 Å². The molecule has 6 nitrogen and oxygen atoms in total. The Hall–Kier alpha value is -3.24. The highest BCUT2D eigenvalue weighted by atomic mass is 32.2. The summed E-state index contributed by atoms with van der Waals surface area (Å²) in [7, 11) is -2.41. The predicted molar refractivity (Wildman–Crippen MR) is 103 cm³/mol. The standard InChI is InChI=1S/C20H17N3O3S/c1-12-7-3-4-8-13(12)17-15(11-21)20(22)26-18-14-9-5-6-10-16(14)23(2)27(24,25)19(17)18/h3-10,17H,22H2,1-2H3/t17-/m0/s1. The molecule has 2 aromatic rings. The van der Waals surface area contributed by atoms with E-state index in [1.807, 2.05) is 31.2 Å². The average Bonchev–Trinajstić information content (AvgIpc) is 2.66. The molecule has 0 unspecified atom stereocenters. The molecule has 0 aromatic heterocycles. The number of nitriles is 1. The fraction of sp³-hybridized carbons (Fsp3) is 0.150. The van der Waals surface area contributed by atoms with Crippen molar-refractivity contribution in [3.8, 4) is 6.07 Å². The molecule has 2 aliphatic rings. The van der Waals surface area contributed by atoms with Crippen LogP contribution in [0.4, 0.5) is 5.69 Å². The zero-order valence-corrected chi connectivity index (χ0v) is 15.6. The molecule has 136 valence electrons. The van der Waals surface area contributed by atoms with Gasteiger partial charge in [0.05, 0.1) is 11.6 Å². The number of nitrogens with two attached hydrogens (primary N) is 1. The molecule has 0 spiro atoms. The molecular formula is C20H17N3O3S. The topological polar surface area (TPSA) is 96.4 Å². The van der Waals surface area contributed by atoms with Gasteiger partial charge in [0.2, 0.25) is 5.88 Å². The SMILES string of the molecule is Cc1ccccc1[C@H]1C(C#N)=C(N)OC2=C1S(=O)(=O)N(C)c1ccccc12. The van der Waals surface area contributed by atoms with Crippen molar-refractivity contribution in [2.75, 3.05) is 11.4 Å². The van der Waals surface area contributed by atoms with E-state index < -0.39 is 15.9 Å². The number of allylic oxidation sites excluding steroid dienone is 2. The highest BCUT2D eigenvalue weighted by molar-refractivity contribution is 7.96. The maximum Gasteiger partial charge on any atom is 0.264 e. The van der Waals surface area contributed by atoms with Gasteiger partial charge in [0.1, 0.15) is 16.5 Å². The molecule has 2 N–H and O–H groups in total. The monoisotopic (exact) mass is 379 g/mol. The number of benzene rings is 2. The molecule has 0 amide bonds. The number of nitrogens with zero attached hydrogens (tertiary/aromatic N) is 2. The molecule has 0 fully saturated rings. The molecule has 1 atom stereocenters. The van der Waals surface area contributed by atoms with Crippen LogP contribution in [-0.2, 0) is 14.8 Å². The minimum absolute atomic E-state index is 0.0451. The number of aryl methyl sites for hydroxylation is 1. The number of hydrogen-bond acceptors (Lipinski definition) is 5. The van der Waals surface area contributed by atoms with Crippen molar-refractivity contribution >= 4 is 21.5 Å². The van der Waals surface area contributed by atoms with Crippen molar-refractivity contribution in [1.82, 2.24) is 0 Å². The van der Waals surface area contributed by atoms with Crippen LogP contribution in [0.15, 0.2) is 64.9 Å². The second kappa shape index (κ2) is 5.89. The Kier molecular flexibility index (Phi) is 3.75. The minimum Gasteiger partial charge on any atom is -0.439 e. The van der Waals surface area contributed by atoms with Crippen molar-refractivity contribution in [3.63, 3.8) is 0 Å². The second-order valence-electron chi connectivity index (χ2n) is 6.46. The van der Waals surface area contributed by atoms with Gasteiger partial charge in [-0.2, -0.15) is 5.26 Å². The molecule has 4 rings (SSSR count). The van der Waals surface area contributed by atoms with Gasteiger partial charge in [0.15, 0.2) is 5.76 Å². The van der Waals surface area contributed by atoms with Gasteiger partial charge < -0.3 is 10.5 Å². The van der Waals surface area contributed by atoms with E-state index in [9.17, 15) is 13.7 Å². The third-order valence-electron chi connectivity index (χ3n) is 5.00. The van der Waals surface area contributed by atoms with Gasteiger partial charge in [-0.1, -0.05) is 36.4 Å². The minimum atomic E-state index is -3.91. The van der Waals surface area contributed by atoms with Gasteiger partial charge in [0.25, 0.3) is 10.0 Å². The quantitative estimate of drug-likeness (QED) is 0.822. The summed E-state index contributed by atoms with van der Waals surface area (Å²) >= 11 is 0. The Labute approximate surface area is 157 Å². The average molecular weight is 379 g/mol. The van der Waals surface area contributed by atoms with Crippen LogP contribution in [0.3, 0.4) is 0 Å². The van der Waals surface area contributed by atoms with E-state index in [4.69, 9.17) is 10.5 Å². The normalized spacial score (nSPS) is 20.5. The van der Waals surface area contributed by atoms with Gasteiger partial charge in [0, 0.05) is 12.6 Å². The molecule has 0 bridgehead atoms. The number of sulfonamides is 1. The van der Waals surface area contributed by atoms with Crippen LogP contribution >= 0.6 is 0 Å². The number of ether oxygens (including phenoxy) is 1. The van der Waals surface area contributed by atoms with Crippen LogP contribution < -0.4 is 10.0 Å². The first-order chi connectivity index (χ1) is 12.9. The number of fused-ring (bicyclic) bond motifs is 2. The van der Waals surface area contributed by atoms with Gasteiger partial charge in [-0.15, -0.1) is 0 Å². The molecule has 7 heteroatoms. The maximum absolute atomic E-state index is 13.4. The second-order valence-corrected chi connectivity index (χ2v) is 8.40. The highest BCUT2D eigenvalue weighted by Gasteiger charge is 2.46. The highest BCUT2D eigenvalue weighted by Crippen LogP contribution is 2.50. The van der Waals surface area contributed by atoms with E-state index in [0.29, 0.717) is 16.8 Å². The van der Waals surface area contributed by atoms with Crippen LogP contribution in [-0.4, -0.2) is 15.5 Å². The smallest absolute Gasteiger partial charge is 0.264 e. The summed E-state index contributed by atoms with van der Waals surface area (Å²) in [6.07, 6.45) is 0. The third kappa shape index (κ3) is 2.34. The van der Waals surface area contributed by atoms with Crippen molar-refractivity contribution in [2.24, 2.45) is 5.73 Å². The molecule has 0 aliphatic carbocycles. The number of hydrogen-bond donors (Lipinski definition) is 1. The first-order valence-corrected chi connectivity index (χ1v) is 9.77. The van der Waals surface area contributed by atoms with Crippen LogP contribution in [0.25, 0.3) is 5.76 Å². The summed E-state index contributed by atoms with van der Waals surface area (Å²) in [5.41, 5.74) is 8.86. The van der Waals surface area contributed by atoms with E-state index in [2.05, 4.69) is 6.07 Å². The lowest BCUT2D eigenvalue weighted by molar-refractivity contribution is 0.357. The molecule has 0 radical (unpaired) electrons. The van der Waals surface area contributed by atoms with E-state index in [1.54, 1.807) is 24.3 Å². The summed E-state index contributed by atoms with van der Waals surface area (Å²) in [5.74, 6) is -0.701. The molecule has 2 aliphatic heterocycles. The Balaban J connectivity index is 2.11. The first kappa shape index (κ1) is 17.2. The summed E-state index contributed by atoms with van der Waals surface area (Å²) in [5, 5.41) is 9.71. The van der Waals surface area contributed by atoms with Gasteiger partial charge >= 0.3 is 0 Å². The largest absolute Gasteiger partial charge is 0.439 e. The van der Waals surface area contributed by atoms with Gasteiger partial charge in [-0.25, -0.2) is 8.42 Å².